The SMILES string of the molecule is CCCCCNc1cc(Nc2c(F)cccc2F)nc(C)n1. The van der Waals surface area contributed by atoms with Gasteiger partial charge >= 0.3 is 0 Å². The molecule has 1 heterocycles. The molecule has 0 fully saturated rings. The van der Waals surface area contributed by atoms with Crippen molar-refractivity contribution in [1.82, 2.24) is 9.97 Å². The van der Waals surface area contributed by atoms with Crippen LogP contribution in [0.15, 0.2) is 24.3 Å². The number of nitrogens with one attached hydrogen (secondary N) is 2. The molecule has 0 bridgehead atoms. The fourth-order valence-corrected chi connectivity index (χ4v) is 2.06. The van der Waals surface area contributed by atoms with E-state index in [1.54, 1.807) is 13.0 Å². The van der Waals surface area contributed by atoms with Crippen LogP contribution in [-0.2, 0) is 0 Å². The number of aromatic nitrogens is 2. The molecule has 0 spiro atoms. The van der Waals surface area contributed by atoms with Crippen molar-refractivity contribution in [3.8, 4) is 0 Å². The highest BCUT2D eigenvalue weighted by atomic mass is 19.1. The monoisotopic (exact) mass is 306 g/mol. The van der Waals surface area contributed by atoms with E-state index >= 15 is 0 Å². The van der Waals surface area contributed by atoms with Crippen molar-refractivity contribution in [3.05, 3.63) is 41.7 Å². The first-order valence-electron chi connectivity index (χ1n) is 7.40. The number of nitrogens with zero attached hydrogens (tertiary/aromatic N) is 2. The van der Waals surface area contributed by atoms with Crippen molar-refractivity contribution in [2.24, 2.45) is 0 Å². The zero-order valence-electron chi connectivity index (χ0n) is 12.8. The van der Waals surface area contributed by atoms with E-state index < -0.39 is 11.6 Å². The number of hydrogen-bond acceptors (Lipinski definition) is 4. The molecule has 0 aliphatic rings. The van der Waals surface area contributed by atoms with E-state index in [1.807, 2.05) is 0 Å². The van der Waals surface area contributed by atoms with E-state index in [-0.39, 0.29) is 5.69 Å². The summed E-state index contributed by atoms with van der Waals surface area (Å²) in [5, 5.41) is 5.88. The summed E-state index contributed by atoms with van der Waals surface area (Å²) in [6.07, 6.45) is 3.33. The summed E-state index contributed by atoms with van der Waals surface area (Å²) in [7, 11) is 0. The minimum Gasteiger partial charge on any atom is -0.370 e. The van der Waals surface area contributed by atoms with Crippen LogP contribution < -0.4 is 10.6 Å². The Bertz CT molecular complexity index is 611. The largest absolute Gasteiger partial charge is 0.370 e. The molecule has 2 N–H and O–H groups in total. The molecule has 22 heavy (non-hydrogen) atoms. The van der Waals surface area contributed by atoms with Crippen LogP contribution in [0.1, 0.15) is 32.0 Å². The summed E-state index contributed by atoms with van der Waals surface area (Å²) < 4.78 is 27.3. The maximum Gasteiger partial charge on any atom is 0.149 e. The first-order valence-corrected chi connectivity index (χ1v) is 7.40. The summed E-state index contributed by atoms with van der Waals surface area (Å²) in [4.78, 5) is 8.43. The third-order valence-corrected chi connectivity index (χ3v) is 3.14. The Kier molecular flexibility index (Phi) is 5.63. The molecule has 0 radical (unpaired) electrons. The first-order chi connectivity index (χ1) is 10.6. The second kappa shape index (κ2) is 7.68. The van der Waals surface area contributed by atoms with Gasteiger partial charge in [-0.1, -0.05) is 25.8 Å². The molecule has 0 amide bonds. The Morgan fingerprint density at radius 2 is 1.73 bits per heavy atom. The van der Waals surface area contributed by atoms with Gasteiger partial charge in [0.1, 0.15) is 34.8 Å². The highest BCUT2D eigenvalue weighted by Gasteiger charge is 2.10. The van der Waals surface area contributed by atoms with Crippen molar-refractivity contribution >= 4 is 17.3 Å². The smallest absolute Gasteiger partial charge is 0.149 e. The van der Waals surface area contributed by atoms with Gasteiger partial charge in [-0.2, -0.15) is 0 Å². The van der Waals surface area contributed by atoms with Crippen LogP contribution in [0.4, 0.5) is 26.1 Å². The predicted molar refractivity (Wildman–Crippen MR) is 84.4 cm³/mol. The topological polar surface area (TPSA) is 49.8 Å². The van der Waals surface area contributed by atoms with Gasteiger partial charge in [0.25, 0.3) is 0 Å². The lowest BCUT2D eigenvalue weighted by molar-refractivity contribution is 0.590. The number of para-hydroxylation sites is 1. The molecule has 0 aliphatic heterocycles. The van der Waals surface area contributed by atoms with E-state index in [9.17, 15) is 8.78 Å². The van der Waals surface area contributed by atoms with Crippen molar-refractivity contribution in [3.63, 3.8) is 0 Å². The van der Waals surface area contributed by atoms with Crippen molar-refractivity contribution < 1.29 is 8.78 Å². The van der Waals surface area contributed by atoms with Gasteiger partial charge in [-0.25, -0.2) is 18.7 Å². The second-order valence-electron chi connectivity index (χ2n) is 5.04. The highest BCUT2D eigenvalue weighted by Crippen LogP contribution is 2.23. The molecule has 1 aromatic heterocycles. The molecule has 2 aromatic rings. The lowest BCUT2D eigenvalue weighted by Crippen LogP contribution is -2.07. The van der Waals surface area contributed by atoms with Crippen LogP contribution in [0.5, 0.6) is 0 Å². The Morgan fingerprint density at radius 1 is 1.05 bits per heavy atom. The molecule has 0 unspecified atom stereocenters. The molecule has 2 rings (SSSR count). The van der Waals surface area contributed by atoms with Gasteiger partial charge in [0, 0.05) is 12.6 Å². The standard InChI is InChI=1S/C16H20F2N4/c1-3-4-5-9-19-14-10-15(21-11(2)20-14)22-16-12(17)7-6-8-13(16)18/h6-8,10H,3-5,9H2,1-2H3,(H2,19,20,21,22). The molecule has 0 saturated heterocycles. The van der Waals surface area contributed by atoms with Gasteiger partial charge in [-0.05, 0) is 25.5 Å². The molecular formula is C16H20F2N4. The quantitative estimate of drug-likeness (QED) is 0.744. The van der Waals surface area contributed by atoms with Gasteiger partial charge in [-0.15, -0.1) is 0 Å². The van der Waals surface area contributed by atoms with E-state index in [0.29, 0.717) is 17.5 Å². The number of hydrogen-bond donors (Lipinski definition) is 2. The summed E-state index contributed by atoms with van der Waals surface area (Å²) in [6.45, 7) is 4.68. The number of anilines is 3. The maximum atomic E-state index is 13.7. The second-order valence-corrected chi connectivity index (χ2v) is 5.04. The molecule has 4 nitrogen and oxygen atoms in total. The Morgan fingerprint density at radius 3 is 2.41 bits per heavy atom. The third-order valence-electron chi connectivity index (χ3n) is 3.14. The average Bonchev–Trinajstić information content (AvgIpc) is 2.47. The van der Waals surface area contributed by atoms with Crippen molar-refractivity contribution in [2.75, 3.05) is 17.2 Å². The van der Waals surface area contributed by atoms with Gasteiger partial charge in [0.2, 0.25) is 0 Å². The summed E-state index contributed by atoms with van der Waals surface area (Å²) in [6, 6.07) is 5.36. The Hall–Kier alpha value is -2.24. The summed E-state index contributed by atoms with van der Waals surface area (Å²) in [5.41, 5.74) is -0.211. The number of halogens is 2. The normalized spacial score (nSPS) is 10.5. The van der Waals surface area contributed by atoms with Crippen molar-refractivity contribution in [1.29, 1.82) is 0 Å². The minimum absolute atomic E-state index is 0.211. The number of aryl methyl sites for hydroxylation is 1. The molecule has 0 atom stereocenters. The van der Waals surface area contributed by atoms with Gasteiger partial charge in [0.05, 0.1) is 0 Å². The number of rotatable bonds is 7. The van der Waals surface area contributed by atoms with Crippen LogP contribution in [0, 0.1) is 18.6 Å². The Balaban J connectivity index is 2.12. The minimum atomic E-state index is -0.659. The van der Waals surface area contributed by atoms with Gasteiger partial charge in [-0.3, -0.25) is 0 Å². The zero-order valence-corrected chi connectivity index (χ0v) is 12.8. The van der Waals surface area contributed by atoms with Crippen LogP contribution in [0.25, 0.3) is 0 Å². The van der Waals surface area contributed by atoms with Gasteiger partial charge < -0.3 is 10.6 Å². The molecule has 1 aromatic carbocycles. The Labute approximate surface area is 129 Å². The molecular weight excluding hydrogens is 286 g/mol. The lowest BCUT2D eigenvalue weighted by Gasteiger charge is -2.11. The third kappa shape index (κ3) is 4.38. The van der Waals surface area contributed by atoms with Gasteiger partial charge in [0.15, 0.2) is 0 Å². The fraction of sp³-hybridized carbons (Fsp3) is 0.375. The van der Waals surface area contributed by atoms with E-state index in [4.69, 9.17) is 0 Å². The predicted octanol–water partition coefficient (Wildman–Crippen LogP) is 4.41. The first kappa shape index (κ1) is 16.1. The lowest BCUT2D eigenvalue weighted by atomic mass is 10.2. The van der Waals surface area contributed by atoms with Crippen LogP contribution in [0.2, 0.25) is 0 Å². The molecule has 6 heteroatoms. The van der Waals surface area contributed by atoms with Crippen molar-refractivity contribution in [2.45, 2.75) is 33.1 Å². The number of unbranched alkanes of at least 4 members (excludes halogenated alkanes) is 2. The zero-order chi connectivity index (χ0) is 15.9. The average molecular weight is 306 g/mol. The van der Waals surface area contributed by atoms with E-state index in [1.165, 1.54) is 18.2 Å². The van der Waals surface area contributed by atoms with E-state index in [0.717, 1.165) is 25.8 Å². The fourth-order valence-electron chi connectivity index (χ4n) is 2.06. The van der Waals surface area contributed by atoms with Crippen LogP contribution in [-0.4, -0.2) is 16.5 Å². The maximum absolute atomic E-state index is 13.7. The van der Waals surface area contributed by atoms with E-state index in [2.05, 4.69) is 27.5 Å². The van der Waals surface area contributed by atoms with Crippen LogP contribution in [0.3, 0.4) is 0 Å². The van der Waals surface area contributed by atoms with Crippen LogP contribution >= 0.6 is 0 Å². The summed E-state index contributed by atoms with van der Waals surface area (Å²) in [5.74, 6) is 0.208. The number of benzene rings is 1. The molecule has 0 aliphatic carbocycles. The molecule has 0 saturated carbocycles. The molecule has 118 valence electrons. The summed E-state index contributed by atoms with van der Waals surface area (Å²) >= 11 is 0. The highest BCUT2D eigenvalue weighted by molar-refractivity contribution is 5.60.